The van der Waals surface area contributed by atoms with Crippen LogP contribution >= 0.6 is 11.6 Å². The molecule has 2 aliphatic heterocycles. The Morgan fingerprint density at radius 2 is 1.53 bits per heavy atom. The highest BCUT2D eigenvalue weighted by atomic mass is 35.5. The van der Waals surface area contributed by atoms with Crippen LogP contribution in [0.1, 0.15) is 17.2 Å². The van der Waals surface area contributed by atoms with E-state index >= 15 is 0 Å². The summed E-state index contributed by atoms with van der Waals surface area (Å²) in [7, 11) is 0. The third-order valence-electron chi connectivity index (χ3n) is 5.87. The van der Waals surface area contributed by atoms with Crippen molar-refractivity contribution >= 4 is 34.8 Å². The van der Waals surface area contributed by atoms with E-state index in [1.54, 1.807) is 30.3 Å². The van der Waals surface area contributed by atoms with Gasteiger partial charge in [0, 0.05) is 10.6 Å². The number of carbonyl (C=O) groups is 2. The molecule has 0 aliphatic carbocycles. The van der Waals surface area contributed by atoms with Crippen molar-refractivity contribution in [3.8, 4) is 0 Å². The zero-order valence-electron chi connectivity index (χ0n) is 17.2. The molecule has 10 heteroatoms. The van der Waals surface area contributed by atoms with Gasteiger partial charge in [-0.05, 0) is 36.4 Å². The number of rotatable bonds is 3. The summed E-state index contributed by atoms with van der Waals surface area (Å²) in [5.41, 5.74) is -1.42. The Labute approximate surface area is 196 Å². The first-order valence-corrected chi connectivity index (χ1v) is 10.6. The lowest BCUT2D eigenvalue weighted by Crippen LogP contribution is -2.38. The molecular formula is C24H15ClF4N2O3. The Morgan fingerprint density at radius 1 is 0.853 bits per heavy atom. The van der Waals surface area contributed by atoms with Crippen LogP contribution in [0.2, 0.25) is 5.02 Å². The van der Waals surface area contributed by atoms with Gasteiger partial charge in [-0.25, -0.2) is 14.4 Å². The van der Waals surface area contributed by atoms with E-state index in [4.69, 9.17) is 16.4 Å². The van der Waals surface area contributed by atoms with Crippen molar-refractivity contribution in [2.24, 2.45) is 5.92 Å². The smallest absolute Gasteiger partial charge is 0.273 e. The normalized spacial score (nSPS) is 22.4. The Bertz CT molecular complexity index is 1260. The Balaban J connectivity index is 1.65. The van der Waals surface area contributed by atoms with Gasteiger partial charge in [0.25, 0.3) is 5.91 Å². The van der Waals surface area contributed by atoms with Gasteiger partial charge in [0.2, 0.25) is 5.91 Å². The molecular weight excluding hydrogens is 476 g/mol. The van der Waals surface area contributed by atoms with Crippen LogP contribution in [0.3, 0.4) is 0 Å². The van der Waals surface area contributed by atoms with E-state index in [1.165, 1.54) is 23.3 Å². The van der Waals surface area contributed by atoms with E-state index in [2.05, 4.69) is 0 Å². The first kappa shape index (κ1) is 22.4. The van der Waals surface area contributed by atoms with Crippen LogP contribution in [-0.4, -0.2) is 17.9 Å². The third-order valence-corrected chi connectivity index (χ3v) is 6.20. The number of hydrogen-bond acceptors (Lipinski definition) is 4. The molecule has 0 saturated carbocycles. The highest BCUT2D eigenvalue weighted by Gasteiger charge is 2.61. The number of fused-ring (bicyclic) bond motifs is 1. The van der Waals surface area contributed by atoms with Gasteiger partial charge < -0.3 is 0 Å². The highest BCUT2D eigenvalue weighted by molar-refractivity contribution is 6.31. The average molecular weight is 491 g/mol. The van der Waals surface area contributed by atoms with Gasteiger partial charge in [0.15, 0.2) is 6.10 Å². The van der Waals surface area contributed by atoms with Crippen LogP contribution in [0.4, 0.5) is 28.9 Å². The summed E-state index contributed by atoms with van der Waals surface area (Å²) < 4.78 is 55.9. The molecule has 0 spiro atoms. The number of alkyl halides is 3. The summed E-state index contributed by atoms with van der Waals surface area (Å²) in [6.45, 7) is 0. The standard InChI is InChI=1S/C24H15ClF4N2O3/c25-15-10-6-11-16(26)18(15)20-19-21(34-31(20)13-7-2-1-3-8-13)23(33)30(22(19)32)17-12-5-4-9-14(17)24(27,28)29/h1-12,19-21H/t19-,20-,21-/m1/s1. The fourth-order valence-electron chi connectivity index (χ4n) is 4.45. The van der Waals surface area contributed by atoms with E-state index in [1.807, 2.05) is 0 Å². The van der Waals surface area contributed by atoms with Gasteiger partial charge in [0.05, 0.1) is 16.9 Å². The lowest BCUT2D eigenvalue weighted by Gasteiger charge is -2.29. The third kappa shape index (κ3) is 3.43. The lowest BCUT2D eigenvalue weighted by atomic mass is 9.90. The van der Waals surface area contributed by atoms with E-state index in [0.717, 1.165) is 24.3 Å². The summed E-state index contributed by atoms with van der Waals surface area (Å²) in [6.07, 6.45) is -6.27. The topological polar surface area (TPSA) is 49.9 Å². The predicted octanol–water partition coefficient (Wildman–Crippen LogP) is 5.55. The van der Waals surface area contributed by atoms with Crippen molar-refractivity contribution in [1.29, 1.82) is 0 Å². The van der Waals surface area contributed by atoms with Crippen LogP contribution in [0.25, 0.3) is 0 Å². The SMILES string of the molecule is O=C1[C@@H]2[C@@H](c3c(F)cccc3Cl)N(c3ccccc3)O[C@H]2C(=O)N1c1ccccc1C(F)(F)F. The number of anilines is 2. The first-order valence-electron chi connectivity index (χ1n) is 10.2. The first-order chi connectivity index (χ1) is 16.2. The largest absolute Gasteiger partial charge is 0.418 e. The van der Waals surface area contributed by atoms with Crippen molar-refractivity contribution in [3.05, 3.63) is 94.8 Å². The molecule has 2 saturated heterocycles. The molecule has 34 heavy (non-hydrogen) atoms. The van der Waals surface area contributed by atoms with Crippen molar-refractivity contribution in [1.82, 2.24) is 0 Å². The van der Waals surface area contributed by atoms with E-state index in [0.29, 0.717) is 10.6 Å². The number of hydroxylamine groups is 1. The van der Waals surface area contributed by atoms with E-state index in [-0.39, 0.29) is 10.6 Å². The molecule has 2 aliphatic rings. The highest BCUT2D eigenvalue weighted by Crippen LogP contribution is 2.50. The van der Waals surface area contributed by atoms with E-state index in [9.17, 15) is 27.2 Å². The number of hydrogen-bond donors (Lipinski definition) is 0. The fourth-order valence-corrected chi connectivity index (χ4v) is 4.72. The number of halogens is 5. The quantitative estimate of drug-likeness (QED) is 0.357. The Kier molecular flexibility index (Phi) is 5.33. The maximum absolute atomic E-state index is 15.0. The summed E-state index contributed by atoms with van der Waals surface area (Å²) in [5, 5.41) is 1.21. The summed E-state index contributed by atoms with van der Waals surface area (Å²) in [6, 6.07) is 15.4. The van der Waals surface area contributed by atoms with Crippen LogP contribution in [0.5, 0.6) is 0 Å². The maximum atomic E-state index is 15.0. The van der Waals surface area contributed by atoms with Crippen molar-refractivity contribution in [2.75, 3.05) is 9.96 Å². The predicted molar refractivity (Wildman–Crippen MR) is 115 cm³/mol. The maximum Gasteiger partial charge on any atom is 0.418 e. The van der Waals surface area contributed by atoms with E-state index < -0.39 is 53.1 Å². The van der Waals surface area contributed by atoms with Crippen molar-refractivity contribution in [2.45, 2.75) is 18.3 Å². The number of amides is 2. The number of nitrogens with zero attached hydrogens (tertiary/aromatic N) is 2. The summed E-state index contributed by atoms with van der Waals surface area (Å²) in [5.74, 6) is -3.97. The fraction of sp³-hybridized carbons (Fsp3) is 0.167. The number of imide groups is 1. The molecule has 174 valence electrons. The van der Waals surface area contributed by atoms with Crippen LogP contribution in [0, 0.1) is 11.7 Å². The molecule has 3 aromatic carbocycles. The molecule has 0 N–H and O–H groups in total. The molecule has 0 bridgehead atoms. The van der Waals surface area contributed by atoms with Crippen LogP contribution in [0.15, 0.2) is 72.8 Å². The average Bonchev–Trinajstić information content (AvgIpc) is 3.30. The molecule has 0 aromatic heterocycles. The van der Waals surface area contributed by atoms with Crippen LogP contribution in [-0.2, 0) is 20.6 Å². The van der Waals surface area contributed by atoms with Gasteiger partial charge in [-0.15, -0.1) is 0 Å². The van der Waals surface area contributed by atoms with Gasteiger partial charge in [-0.1, -0.05) is 48.0 Å². The van der Waals surface area contributed by atoms with Crippen molar-refractivity contribution in [3.63, 3.8) is 0 Å². The second kappa shape index (κ2) is 8.11. The number of benzene rings is 3. The zero-order valence-corrected chi connectivity index (χ0v) is 17.9. The molecule has 5 nitrogen and oxygen atoms in total. The molecule has 3 aromatic rings. The minimum absolute atomic E-state index is 0.00966. The minimum Gasteiger partial charge on any atom is -0.273 e. The zero-order chi connectivity index (χ0) is 24.2. The number of para-hydroxylation sites is 2. The second-order valence-electron chi connectivity index (χ2n) is 7.82. The second-order valence-corrected chi connectivity index (χ2v) is 8.23. The molecule has 0 radical (unpaired) electrons. The van der Waals surface area contributed by atoms with Gasteiger partial charge in [0.1, 0.15) is 17.8 Å². The summed E-state index contributed by atoms with van der Waals surface area (Å²) in [4.78, 5) is 33.1. The molecule has 0 unspecified atom stereocenters. The lowest BCUT2D eigenvalue weighted by molar-refractivity contribution is -0.137. The van der Waals surface area contributed by atoms with Gasteiger partial charge in [-0.3, -0.25) is 14.4 Å². The molecule has 2 amide bonds. The van der Waals surface area contributed by atoms with Crippen LogP contribution < -0.4 is 9.96 Å². The van der Waals surface area contributed by atoms with Gasteiger partial charge in [-0.2, -0.15) is 13.2 Å². The molecule has 2 heterocycles. The Morgan fingerprint density at radius 3 is 2.21 bits per heavy atom. The van der Waals surface area contributed by atoms with Crippen molar-refractivity contribution < 1.29 is 32.0 Å². The van der Waals surface area contributed by atoms with Gasteiger partial charge >= 0.3 is 6.18 Å². The molecule has 3 atom stereocenters. The Hall–Kier alpha value is -3.43. The summed E-state index contributed by atoms with van der Waals surface area (Å²) >= 11 is 6.29. The number of carbonyl (C=O) groups excluding carboxylic acids is 2. The monoisotopic (exact) mass is 490 g/mol. The molecule has 5 rings (SSSR count). The molecule has 2 fully saturated rings. The minimum atomic E-state index is -4.81.